The minimum Gasteiger partial charge on any atom is -0.355 e. The standard InChI is InChI=1S/C29H27ClN6O2/c1-17-4-9-24-23(12-17)33-26-10-11-29(2,15-35(24)26)34-28(38)20-7-6-19(14-21(20)30)36-16-32-22-8-5-18(13-25(22)36)27(37)31-3/h4-9,12-14,16H,10-11,15H2,1-3H3,(H,31,37)(H,34,38)/t29-/m1/s1. The highest BCUT2D eigenvalue weighted by Gasteiger charge is 2.33. The summed E-state index contributed by atoms with van der Waals surface area (Å²) in [4.78, 5) is 34.7. The van der Waals surface area contributed by atoms with Crippen LogP contribution in [0.1, 0.15) is 45.4 Å². The maximum atomic E-state index is 13.4. The molecule has 1 atom stereocenters. The highest BCUT2D eigenvalue weighted by molar-refractivity contribution is 6.34. The SMILES string of the molecule is CNC(=O)c1ccc2ncn(-c3ccc(C(=O)N[C@]4(C)CCc5nc6cc(C)ccc6n5C4)c(Cl)c3)c2c1. The Morgan fingerprint density at radius 3 is 2.63 bits per heavy atom. The lowest BCUT2D eigenvalue weighted by atomic mass is 9.91. The predicted molar refractivity (Wildman–Crippen MR) is 148 cm³/mol. The number of carbonyl (C=O) groups is 2. The van der Waals surface area contributed by atoms with Gasteiger partial charge in [-0.25, -0.2) is 9.97 Å². The van der Waals surface area contributed by atoms with Crippen LogP contribution in [0.5, 0.6) is 0 Å². The molecule has 3 aromatic carbocycles. The number of fused-ring (bicyclic) bond motifs is 4. The Kier molecular flexibility index (Phi) is 5.72. The molecule has 0 spiro atoms. The molecule has 0 radical (unpaired) electrons. The molecule has 0 saturated carbocycles. The summed E-state index contributed by atoms with van der Waals surface area (Å²) in [6.07, 6.45) is 3.25. The maximum absolute atomic E-state index is 13.4. The van der Waals surface area contributed by atoms with Crippen LogP contribution in [0.2, 0.25) is 5.02 Å². The zero-order valence-corrected chi connectivity index (χ0v) is 22.1. The second-order valence-electron chi connectivity index (χ2n) is 10.2. The van der Waals surface area contributed by atoms with E-state index in [1.165, 1.54) is 5.56 Å². The lowest BCUT2D eigenvalue weighted by molar-refractivity contribution is 0.0882. The fourth-order valence-corrected chi connectivity index (χ4v) is 5.51. The summed E-state index contributed by atoms with van der Waals surface area (Å²) in [5, 5.41) is 6.21. The Morgan fingerprint density at radius 2 is 1.84 bits per heavy atom. The van der Waals surface area contributed by atoms with Gasteiger partial charge in [0.2, 0.25) is 0 Å². The van der Waals surface area contributed by atoms with Crippen LogP contribution in [0.4, 0.5) is 0 Å². The smallest absolute Gasteiger partial charge is 0.253 e. The number of halogens is 1. The number of hydrogen-bond donors (Lipinski definition) is 2. The van der Waals surface area contributed by atoms with E-state index in [4.69, 9.17) is 16.6 Å². The third-order valence-corrected chi connectivity index (χ3v) is 7.63. The molecule has 0 saturated heterocycles. The molecular formula is C29H27ClN6O2. The summed E-state index contributed by atoms with van der Waals surface area (Å²) in [6, 6.07) is 16.9. The zero-order chi connectivity index (χ0) is 26.6. The molecule has 9 heteroatoms. The van der Waals surface area contributed by atoms with Gasteiger partial charge >= 0.3 is 0 Å². The second kappa shape index (κ2) is 8.99. The van der Waals surface area contributed by atoms with Crippen molar-refractivity contribution in [3.63, 3.8) is 0 Å². The largest absolute Gasteiger partial charge is 0.355 e. The molecular weight excluding hydrogens is 500 g/mol. The zero-order valence-electron chi connectivity index (χ0n) is 21.4. The number of imidazole rings is 2. The fraction of sp³-hybridized carbons (Fsp3) is 0.241. The molecule has 192 valence electrons. The van der Waals surface area contributed by atoms with Crippen LogP contribution in [-0.4, -0.2) is 43.5 Å². The topological polar surface area (TPSA) is 93.8 Å². The first kappa shape index (κ1) is 24.2. The van der Waals surface area contributed by atoms with Gasteiger partial charge in [0, 0.05) is 31.3 Å². The molecule has 5 aromatic rings. The van der Waals surface area contributed by atoms with Gasteiger partial charge in [0.1, 0.15) is 12.2 Å². The van der Waals surface area contributed by atoms with Crippen molar-refractivity contribution in [3.05, 3.63) is 88.5 Å². The summed E-state index contributed by atoms with van der Waals surface area (Å²) in [5.41, 5.74) is 6.02. The van der Waals surface area contributed by atoms with Crippen molar-refractivity contribution in [1.29, 1.82) is 0 Å². The van der Waals surface area contributed by atoms with Crippen LogP contribution in [0.15, 0.2) is 60.9 Å². The Balaban J connectivity index is 1.26. The monoisotopic (exact) mass is 526 g/mol. The third-order valence-electron chi connectivity index (χ3n) is 7.32. The molecule has 0 aliphatic carbocycles. The van der Waals surface area contributed by atoms with Crippen molar-refractivity contribution < 1.29 is 9.59 Å². The van der Waals surface area contributed by atoms with E-state index >= 15 is 0 Å². The van der Waals surface area contributed by atoms with Gasteiger partial charge in [-0.2, -0.15) is 0 Å². The molecule has 2 amide bonds. The average Bonchev–Trinajstić information content (AvgIpc) is 3.47. The molecule has 0 bridgehead atoms. The molecule has 0 fully saturated rings. The van der Waals surface area contributed by atoms with Crippen molar-refractivity contribution in [2.24, 2.45) is 0 Å². The molecule has 1 aliphatic rings. The first-order valence-electron chi connectivity index (χ1n) is 12.5. The number of aryl methyl sites for hydroxylation is 2. The van der Waals surface area contributed by atoms with Gasteiger partial charge in [0.25, 0.3) is 11.8 Å². The lowest BCUT2D eigenvalue weighted by Crippen LogP contribution is -2.51. The van der Waals surface area contributed by atoms with Crippen LogP contribution in [0.3, 0.4) is 0 Å². The summed E-state index contributed by atoms with van der Waals surface area (Å²) >= 11 is 6.64. The summed E-state index contributed by atoms with van der Waals surface area (Å²) in [5.74, 6) is 0.656. The highest BCUT2D eigenvalue weighted by atomic mass is 35.5. The number of carbonyl (C=O) groups excluding carboxylic acids is 2. The molecule has 8 nitrogen and oxygen atoms in total. The van der Waals surface area contributed by atoms with Gasteiger partial charge < -0.3 is 15.2 Å². The number of nitrogens with zero attached hydrogens (tertiary/aromatic N) is 4. The van der Waals surface area contributed by atoms with E-state index in [1.807, 2.05) is 10.6 Å². The molecule has 38 heavy (non-hydrogen) atoms. The van der Waals surface area contributed by atoms with Crippen molar-refractivity contribution in [1.82, 2.24) is 29.7 Å². The third kappa shape index (κ3) is 4.11. The number of aromatic nitrogens is 4. The average molecular weight is 527 g/mol. The summed E-state index contributed by atoms with van der Waals surface area (Å²) in [6.45, 7) is 4.77. The molecule has 2 aromatic heterocycles. The van der Waals surface area contributed by atoms with Gasteiger partial charge in [-0.3, -0.25) is 14.2 Å². The minimum absolute atomic E-state index is 0.174. The van der Waals surface area contributed by atoms with Gasteiger partial charge in [0.15, 0.2) is 0 Å². The van der Waals surface area contributed by atoms with E-state index in [1.54, 1.807) is 43.7 Å². The van der Waals surface area contributed by atoms with Crippen molar-refractivity contribution in [2.45, 2.75) is 38.8 Å². The first-order chi connectivity index (χ1) is 18.2. The highest BCUT2D eigenvalue weighted by Crippen LogP contribution is 2.30. The molecule has 0 unspecified atom stereocenters. The molecule has 2 N–H and O–H groups in total. The maximum Gasteiger partial charge on any atom is 0.253 e. The van der Waals surface area contributed by atoms with E-state index in [2.05, 4.69) is 52.2 Å². The van der Waals surface area contributed by atoms with Crippen LogP contribution in [0, 0.1) is 6.92 Å². The lowest BCUT2D eigenvalue weighted by Gasteiger charge is -2.35. The number of benzene rings is 3. The van der Waals surface area contributed by atoms with Gasteiger partial charge in [-0.15, -0.1) is 0 Å². The van der Waals surface area contributed by atoms with Crippen LogP contribution in [0.25, 0.3) is 27.8 Å². The van der Waals surface area contributed by atoms with Crippen molar-refractivity contribution in [3.8, 4) is 5.69 Å². The van der Waals surface area contributed by atoms with E-state index in [0.29, 0.717) is 22.7 Å². The van der Waals surface area contributed by atoms with E-state index in [0.717, 1.165) is 46.4 Å². The first-order valence-corrected chi connectivity index (χ1v) is 12.9. The Labute approximate surface area is 224 Å². The molecule has 3 heterocycles. The predicted octanol–water partition coefficient (Wildman–Crippen LogP) is 4.83. The fourth-order valence-electron chi connectivity index (χ4n) is 5.25. The Hall–Kier alpha value is -4.17. The molecule has 6 rings (SSSR count). The second-order valence-corrected chi connectivity index (χ2v) is 10.6. The van der Waals surface area contributed by atoms with Crippen LogP contribution >= 0.6 is 11.6 Å². The Bertz CT molecular complexity index is 1750. The van der Waals surface area contributed by atoms with Crippen molar-refractivity contribution in [2.75, 3.05) is 7.05 Å². The van der Waals surface area contributed by atoms with E-state index < -0.39 is 5.54 Å². The number of amides is 2. The number of hydrogen-bond acceptors (Lipinski definition) is 4. The summed E-state index contributed by atoms with van der Waals surface area (Å²) < 4.78 is 4.06. The van der Waals surface area contributed by atoms with Crippen LogP contribution in [-0.2, 0) is 13.0 Å². The van der Waals surface area contributed by atoms with Crippen LogP contribution < -0.4 is 10.6 Å². The minimum atomic E-state index is -0.443. The quantitative estimate of drug-likeness (QED) is 0.351. The number of nitrogens with one attached hydrogen (secondary N) is 2. The van der Waals surface area contributed by atoms with Crippen molar-refractivity contribution >= 4 is 45.5 Å². The van der Waals surface area contributed by atoms with Gasteiger partial charge in [0.05, 0.1) is 38.2 Å². The van der Waals surface area contributed by atoms with E-state index in [-0.39, 0.29) is 11.8 Å². The van der Waals surface area contributed by atoms with E-state index in [9.17, 15) is 9.59 Å². The molecule has 1 aliphatic heterocycles. The van der Waals surface area contributed by atoms with Gasteiger partial charge in [-0.1, -0.05) is 17.7 Å². The van der Waals surface area contributed by atoms with Gasteiger partial charge in [-0.05, 0) is 74.4 Å². The number of rotatable bonds is 4. The normalized spacial score (nSPS) is 16.9. The summed E-state index contributed by atoms with van der Waals surface area (Å²) in [7, 11) is 1.60. The Morgan fingerprint density at radius 1 is 1.00 bits per heavy atom.